The second-order valence-electron chi connectivity index (χ2n) is 8.73. The Balaban J connectivity index is 1.37. The smallest absolute Gasteiger partial charge is 0.344 e. The molecule has 1 aromatic carbocycles. The van der Waals surface area contributed by atoms with Gasteiger partial charge in [-0.25, -0.2) is 14.0 Å². The Morgan fingerprint density at radius 3 is 2.53 bits per heavy atom. The van der Waals surface area contributed by atoms with Gasteiger partial charge in [0.05, 0.1) is 6.61 Å². The van der Waals surface area contributed by atoms with Crippen LogP contribution < -0.4 is 15.4 Å². The summed E-state index contributed by atoms with van der Waals surface area (Å²) in [7, 11) is 0. The number of unbranched alkanes of at least 4 members (excludes halogenated alkanes) is 2. The number of rotatable bonds is 13. The van der Waals surface area contributed by atoms with E-state index in [4.69, 9.17) is 9.84 Å². The second kappa shape index (κ2) is 14.1. The van der Waals surface area contributed by atoms with Gasteiger partial charge in [-0.1, -0.05) is 18.6 Å². The Hall–Kier alpha value is -2.80. The molecule has 0 atom stereocenters. The Bertz CT molecular complexity index is 1010. The van der Waals surface area contributed by atoms with Crippen molar-refractivity contribution in [2.24, 2.45) is 0 Å². The summed E-state index contributed by atoms with van der Waals surface area (Å²) in [6.07, 6.45) is 2.80. The molecule has 12 heteroatoms. The normalized spacial score (nSPS) is 14.5. The van der Waals surface area contributed by atoms with E-state index in [0.29, 0.717) is 6.54 Å². The molecule has 4 N–H and O–H groups in total. The molecule has 3 rings (SSSR count). The first kappa shape index (κ1) is 27.8. The lowest BCUT2D eigenvalue weighted by Gasteiger charge is -2.34. The van der Waals surface area contributed by atoms with Gasteiger partial charge in [0, 0.05) is 44.8 Å². The topological polar surface area (TPSA) is 127 Å². The number of nitrogens with zero attached hydrogens (tertiary/aromatic N) is 3. The molecule has 0 aliphatic carbocycles. The van der Waals surface area contributed by atoms with Crippen LogP contribution in [0.2, 0.25) is 0 Å². The quantitative estimate of drug-likeness (QED) is 0.295. The molecule has 36 heavy (non-hydrogen) atoms. The zero-order valence-corrected chi connectivity index (χ0v) is 21.3. The van der Waals surface area contributed by atoms with E-state index in [-0.39, 0.29) is 35.2 Å². The maximum absolute atomic E-state index is 14.0. The summed E-state index contributed by atoms with van der Waals surface area (Å²) >= 11 is 0.797. The highest BCUT2D eigenvalue weighted by molar-refractivity contribution is 7.11. The van der Waals surface area contributed by atoms with Crippen molar-refractivity contribution >= 4 is 28.5 Å². The molecule has 0 unspecified atom stereocenters. The Kier molecular flexibility index (Phi) is 10.9. The van der Waals surface area contributed by atoms with E-state index in [1.807, 2.05) is 0 Å². The number of halogens is 1. The average molecular weight is 524 g/mol. The highest BCUT2D eigenvalue weighted by atomic mass is 32.1. The van der Waals surface area contributed by atoms with Crippen molar-refractivity contribution < 1.29 is 28.9 Å². The Morgan fingerprint density at radius 1 is 1.14 bits per heavy atom. The number of amides is 2. The van der Waals surface area contributed by atoms with E-state index in [9.17, 15) is 19.1 Å². The first-order chi connectivity index (χ1) is 17.4. The van der Waals surface area contributed by atoms with E-state index >= 15 is 0 Å². The number of carbonyl (C=O) groups excluding carboxylic acids is 1. The van der Waals surface area contributed by atoms with E-state index in [1.165, 1.54) is 6.07 Å². The number of aromatic carboxylic acids is 1. The average Bonchev–Trinajstić information content (AvgIpc) is 3.24. The fourth-order valence-electron chi connectivity index (χ4n) is 3.93. The number of aryl methyl sites for hydroxylation is 1. The van der Waals surface area contributed by atoms with Crippen LogP contribution in [0.1, 0.15) is 40.7 Å². The van der Waals surface area contributed by atoms with Crippen molar-refractivity contribution in [1.29, 1.82) is 0 Å². The van der Waals surface area contributed by atoms with Gasteiger partial charge in [-0.15, -0.1) is 0 Å². The Morgan fingerprint density at radius 2 is 1.86 bits per heavy atom. The van der Waals surface area contributed by atoms with Crippen LogP contribution in [0, 0.1) is 12.7 Å². The molecule has 1 aliphatic heterocycles. The van der Waals surface area contributed by atoms with Crippen molar-refractivity contribution in [3.8, 4) is 5.88 Å². The zero-order chi connectivity index (χ0) is 25.9. The molecule has 0 spiro atoms. The lowest BCUT2D eigenvalue weighted by molar-refractivity contribution is 0.0693. The monoisotopic (exact) mass is 523 g/mol. The van der Waals surface area contributed by atoms with Crippen molar-refractivity contribution in [3.63, 3.8) is 0 Å². The summed E-state index contributed by atoms with van der Waals surface area (Å²) in [5, 5.41) is 23.9. The van der Waals surface area contributed by atoms with Crippen LogP contribution in [0.15, 0.2) is 18.2 Å². The van der Waals surface area contributed by atoms with Crippen LogP contribution in [0.25, 0.3) is 0 Å². The van der Waals surface area contributed by atoms with Crippen LogP contribution in [-0.2, 0) is 6.61 Å². The summed E-state index contributed by atoms with van der Waals surface area (Å²) in [6.45, 7) is 7.97. The molecule has 0 radical (unpaired) electrons. The molecule has 0 bridgehead atoms. The van der Waals surface area contributed by atoms with Gasteiger partial charge in [-0.2, -0.15) is 4.37 Å². The lowest BCUT2D eigenvalue weighted by Crippen LogP contribution is -2.47. The molecule has 198 valence electrons. The molecule has 1 aromatic heterocycles. The number of hydrogen-bond acceptors (Lipinski definition) is 8. The minimum Gasteiger partial charge on any atom is -0.477 e. The first-order valence-corrected chi connectivity index (χ1v) is 12.9. The molecule has 2 aromatic rings. The van der Waals surface area contributed by atoms with E-state index in [1.54, 1.807) is 19.1 Å². The minimum atomic E-state index is -1.30. The van der Waals surface area contributed by atoms with Gasteiger partial charge in [0.25, 0.3) is 0 Å². The number of anilines is 1. The van der Waals surface area contributed by atoms with Gasteiger partial charge in [-0.05, 0) is 49.5 Å². The zero-order valence-electron chi connectivity index (χ0n) is 20.5. The van der Waals surface area contributed by atoms with Gasteiger partial charge in [0.15, 0.2) is 5.56 Å². The fourth-order valence-corrected chi connectivity index (χ4v) is 4.65. The van der Waals surface area contributed by atoms with E-state index < -0.39 is 17.8 Å². The number of carboxylic acids is 1. The number of aromatic nitrogens is 1. The standard InChI is InChI=1S/C24H34FN5O5S/c1-17-5-6-18(19(25)15-17)16-35-21-20(23(32)33)22(36-28-21)27-24(34)26-7-3-2-4-8-29-9-11-30(12-10-29)13-14-31/h5-6,15,31H,2-4,7-14,16H2,1H3,(H,32,33)(H2,26,27,34). The molecule has 1 saturated heterocycles. The number of piperazine rings is 1. The molecule has 1 aliphatic rings. The van der Waals surface area contributed by atoms with Gasteiger partial charge in [0.2, 0.25) is 5.88 Å². The molecule has 0 saturated carbocycles. The number of aliphatic hydroxyl groups excluding tert-OH is 1. The molecular weight excluding hydrogens is 489 g/mol. The molecular formula is C24H34FN5O5S. The highest BCUT2D eigenvalue weighted by Gasteiger charge is 2.24. The van der Waals surface area contributed by atoms with E-state index in [2.05, 4.69) is 24.8 Å². The summed E-state index contributed by atoms with van der Waals surface area (Å²) in [6, 6.07) is 4.16. The third kappa shape index (κ3) is 8.40. The van der Waals surface area contributed by atoms with Crippen molar-refractivity contribution in [3.05, 3.63) is 40.7 Å². The molecule has 10 nitrogen and oxygen atoms in total. The predicted octanol–water partition coefficient (Wildman–Crippen LogP) is 2.77. The number of carbonyl (C=O) groups is 2. The van der Waals surface area contributed by atoms with Gasteiger partial charge < -0.3 is 25.2 Å². The predicted molar refractivity (Wildman–Crippen MR) is 135 cm³/mol. The Labute approximate surface area is 214 Å². The van der Waals surface area contributed by atoms with Crippen LogP contribution in [0.3, 0.4) is 0 Å². The van der Waals surface area contributed by atoms with Crippen LogP contribution >= 0.6 is 11.5 Å². The fraction of sp³-hybridized carbons (Fsp3) is 0.542. The number of nitrogens with one attached hydrogen (secondary N) is 2. The van der Waals surface area contributed by atoms with Crippen molar-refractivity contribution in [2.45, 2.75) is 32.8 Å². The largest absolute Gasteiger partial charge is 0.477 e. The number of benzene rings is 1. The maximum atomic E-state index is 14.0. The second-order valence-corrected chi connectivity index (χ2v) is 9.50. The minimum absolute atomic E-state index is 0.0553. The summed E-state index contributed by atoms with van der Waals surface area (Å²) in [5.41, 5.74) is 0.782. The van der Waals surface area contributed by atoms with Gasteiger partial charge >= 0.3 is 12.0 Å². The number of urea groups is 1. The molecule has 2 heterocycles. The SMILES string of the molecule is Cc1ccc(COc2nsc(NC(=O)NCCCCCN3CCN(CCO)CC3)c2C(=O)O)c(F)c1. The van der Waals surface area contributed by atoms with Gasteiger partial charge in [-0.3, -0.25) is 10.2 Å². The van der Waals surface area contributed by atoms with Crippen LogP contribution in [0.4, 0.5) is 14.2 Å². The number of carboxylic acid groups (broad SMARTS) is 1. The van der Waals surface area contributed by atoms with Crippen molar-refractivity contribution in [2.75, 3.05) is 57.7 Å². The number of hydrogen-bond donors (Lipinski definition) is 4. The highest BCUT2D eigenvalue weighted by Crippen LogP contribution is 2.31. The van der Waals surface area contributed by atoms with E-state index in [0.717, 1.165) is 75.6 Å². The van der Waals surface area contributed by atoms with Crippen LogP contribution in [-0.4, -0.2) is 88.8 Å². The lowest BCUT2D eigenvalue weighted by atomic mass is 10.1. The molecule has 2 amide bonds. The maximum Gasteiger partial charge on any atom is 0.344 e. The van der Waals surface area contributed by atoms with Crippen LogP contribution in [0.5, 0.6) is 5.88 Å². The summed E-state index contributed by atoms with van der Waals surface area (Å²) in [5.74, 6) is -1.91. The summed E-state index contributed by atoms with van der Waals surface area (Å²) < 4.78 is 23.5. The third-order valence-electron chi connectivity index (χ3n) is 5.99. The number of β-amino-alcohol motifs (C(OH)–C–C–N with tert-alkyl or cyclic N) is 1. The van der Waals surface area contributed by atoms with Gasteiger partial charge in [0.1, 0.15) is 17.4 Å². The number of ether oxygens (including phenoxy) is 1. The summed E-state index contributed by atoms with van der Waals surface area (Å²) in [4.78, 5) is 28.7. The van der Waals surface area contributed by atoms with Crippen molar-refractivity contribution in [1.82, 2.24) is 19.5 Å². The molecule has 1 fully saturated rings. The first-order valence-electron chi connectivity index (χ1n) is 12.1. The third-order valence-corrected chi connectivity index (χ3v) is 6.74. The number of aliphatic hydroxyl groups is 1.